The Kier molecular flexibility index (Phi) is 1.93. The van der Waals surface area contributed by atoms with Gasteiger partial charge in [0.05, 0.1) is 0 Å². The van der Waals surface area contributed by atoms with Crippen molar-refractivity contribution < 1.29 is 14.3 Å². The molecule has 1 aromatic heterocycles. The van der Waals surface area contributed by atoms with Crippen LogP contribution in [0.4, 0.5) is 0 Å². The van der Waals surface area contributed by atoms with Crippen molar-refractivity contribution in [1.82, 2.24) is 0 Å². The number of carbonyl (C=O) groups is 1. The molecule has 0 atom stereocenters. The highest BCUT2D eigenvalue weighted by molar-refractivity contribution is 5.69. The van der Waals surface area contributed by atoms with Crippen LogP contribution in [-0.4, -0.2) is 11.1 Å². The maximum atomic E-state index is 10.4. The summed E-state index contributed by atoms with van der Waals surface area (Å²) in [5, 5.41) is 9.58. The van der Waals surface area contributed by atoms with Crippen molar-refractivity contribution in [2.45, 2.75) is 19.3 Å². The number of carboxylic acids is 1. The number of furan rings is 1. The fraction of sp³-hybridized carbons (Fsp3) is 0.300. The summed E-state index contributed by atoms with van der Waals surface area (Å²) in [7, 11) is 0. The Morgan fingerprint density at radius 2 is 2.23 bits per heavy atom. The van der Waals surface area contributed by atoms with E-state index in [2.05, 4.69) is 6.08 Å². The maximum absolute atomic E-state index is 10.4. The molecule has 2 rings (SSSR count). The van der Waals surface area contributed by atoms with Crippen LogP contribution in [0.3, 0.4) is 0 Å². The molecule has 1 heterocycles. The molecular weight excluding hydrogens is 168 g/mol. The van der Waals surface area contributed by atoms with Gasteiger partial charge >= 0.3 is 5.97 Å². The van der Waals surface area contributed by atoms with Gasteiger partial charge in [0.1, 0.15) is 17.6 Å². The van der Waals surface area contributed by atoms with E-state index in [1.165, 1.54) is 0 Å². The van der Waals surface area contributed by atoms with Crippen molar-refractivity contribution in [2.75, 3.05) is 0 Å². The summed E-state index contributed by atoms with van der Waals surface area (Å²) < 4.78 is 5.35. The number of aliphatic carboxylic acids is 1. The fourth-order valence-corrected chi connectivity index (χ4v) is 1.48. The molecule has 0 saturated heterocycles. The number of hydrogen-bond donors (Lipinski definition) is 1. The largest absolute Gasteiger partial charge is 0.481 e. The minimum atomic E-state index is -0.855. The molecule has 0 saturated carbocycles. The second kappa shape index (κ2) is 3.09. The van der Waals surface area contributed by atoms with Gasteiger partial charge in [0.2, 0.25) is 0 Å². The number of fused-ring (bicyclic) bond motifs is 1. The topological polar surface area (TPSA) is 50.4 Å². The van der Waals surface area contributed by atoms with E-state index in [0.29, 0.717) is 5.76 Å². The van der Waals surface area contributed by atoms with Crippen LogP contribution in [0.5, 0.6) is 0 Å². The molecule has 0 bridgehead atoms. The summed E-state index contributed by atoms with van der Waals surface area (Å²) in [4.78, 5) is 10.4. The van der Waals surface area contributed by atoms with Gasteiger partial charge in [-0.05, 0) is 25.0 Å². The zero-order valence-corrected chi connectivity index (χ0v) is 7.12. The lowest BCUT2D eigenvalue weighted by Gasteiger charge is -1.90. The highest BCUT2D eigenvalue weighted by Crippen LogP contribution is 1.99. The number of hydrogen-bond acceptors (Lipinski definition) is 2. The van der Waals surface area contributed by atoms with E-state index < -0.39 is 5.97 Å². The van der Waals surface area contributed by atoms with Crippen molar-refractivity contribution in [2.24, 2.45) is 0 Å². The van der Waals surface area contributed by atoms with Crippen molar-refractivity contribution >= 4 is 18.1 Å². The molecule has 1 aliphatic carbocycles. The van der Waals surface area contributed by atoms with E-state index in [1.54, 1.807) is 6.07 Å². The van der Waals surface area contributed by atoms with Gasteiger partial charge < -0.3 is 9.52 Å². The monoisotopic (exact) mass is 178 g/mol. The molecule has 0 aliphatic heterocycles. The third-order valence-electron chi connectivity index (χ3n) is 2.03. The van der Waals surface area contributed by atoms with Gasteiger partial charge in [-0.1, -0.05) is 6.08 Å². The van der Waals surface area contributed by atoms with Gasteiger partial charge in [-0.15, -0.1) is 0 Å². The van der Waals surface area contributed by atoms with Gasteiger partial charge in [0, 0.05) is 5.22 Å². The normalized spacial score (nSPS) is 14.2. The molecule has 13 heavy (non-hydrogen) atoms. The Morgan fingerprint density at radius 1 is 1.46 bits per heavy atom. The third kappa shape index (κ3) is 1.64. The first-order valence-corrected chi connectivity index (χ1v) is 4.26. The van der Waals surface area contributed by atoms with Gasteiger partial charge in [0.25, 0.3) is 0 Å². The van der Waals surface area contributed by atoms with E-state index in [1.807, 2.05) is 6.08 Å². The van der Waals surface area contributed by atoms with E-state index in [0.717, 1.165) is 23.5 Å². The molecule has 0 radical (unpaired) electrons. The number of carboxylic acid groups (broad SMARTS) is 1. The van der Waals surface area contributed by atoms with Crippen LogP contribution in [-0.2, 0) is 11.2 Å². The highest BCUT2D eigenvalue weighted by atomic mass is 16.4. The number of rotatable bonds is 2. The summed E-state index contributed by atoms with van der Waals surface area (Å²) in [6, 6.07) is 1.80. The van der Waals surface area contributed by atoms with Gasteiger partial charge in [-0.2, -0.15) is 0 Å². The van der Waals surface area contributed by atoms with Crippen LogP contribution in [0.15, 0.2) is 10.5 Å². The molecular formula is C10H10O3. The molecule has 1 aliphatic rings. The Bertz CT molecular complexity index is 406. The Morgan fingerprint density at radius 3 is 2.92 bits per heavy atom. The maximum Gasteiger partial charge on any atom is 0.311 e. The second-order valence-electron chi connectivity index (χ2n) is 3.09. The summed E-state index contributed by atoms with van der Waals surface area (Å²) in [6.45, 7) is 0. The summed E-state index contributed by atoms with van der Waals surface area (Å²) in [5.74, 6) is -0.321. The smallest absolute Gasteiger partial charge is 0.311 e. The summed E-state index contributed by atoms with van der Waals surface area (Å²) >= 11 is 0. The van der Waals surface area contributed by atoms with Crippen LogP contribution in [0.2, 0.25) is 0 Å². The quantitative estimate of drug-likeness (QED) is 0.706. The predicted octanol–water partition coefficient (Wildman–Crippen LogP) is 0.261. The standard InChI is InChI=1S/C10H10O3/c11-10(12)6-8-5-7-3-1-2-4-9(7)13-8/h3-5H,1-2,6H2,(H,11,12). The predicted molar refractivity (Wildman–Crippen MR) is 47.5 cm³/mol. The fourth-order valence-electron chi connectivity index (χ4n) is 1.48. The minimum absolute atomic E-state index is 0.0331. The molecule has 1 aromatic rings. The van der Waals surface area contributed by atoms with Crippen molar-refractivity contribution in [1.29, 1.82) is 0 Å². The SMILES string of the molecule is O=C(O)Cc1cc2c(o1)=CCCC=2. The summed E-state index contributed by atoms with van der Waals surface area (Å²) in [6.07, 6.45) is 6.03. The molecule has 0 amide bonds. The highest BCUT2D eigenvalue weighted by Gasteiger charge is 2.06. The summed E-state index contributed by atoms with van der Waals surface area (Å²) in [5.41, 5.74) is 0.822. The van der Waals surface area contributed by atoms with E-state index in [9.17, 15) is 4.79 Å². The lowest BCUT2D eigenvalue weighted by Crippen LogP contribution is -2.21. The first-order valence-electron chi connectivity index (χ1n) is 4.26. The van der Waals surface area contributed by atoms with Crippen molar-refractivity contribution in [3.8, 4) is 0 Å². The van der Waals surface area contributed by atoms with E-state index >= 15 is 0 Å². The zero-order valence-electron chi connectivity index (χ0n) is 7.12. The van der Waals surface area contributed by atoms with Crippen molar-refractivity contribution in [3.63, 3.8) is 0 Å². The van der Waals surface area contributed by atoms with Crippen LogP contribution in [0, 0.1) is 0 Å². The molecule has 0 aromatic carbocycles. The van der Waals surface area contributed by atoms with Gasteiger partial charge in [0.15, 0.2) is 0 Å². The van der Waals surface area contributed by atoms with Crippen molar-refractivity contribution in [3.05, 3.63) is 22.5 Å². The lowest BCUT2D eigenvalue weighted by atomic mass is 10.2. The van der Waals surface area contributed by atoms with Gasteiger partial charge in [-0.3, -0.25) is 4.79 Å². The molecule has 0 spiro atoms. The lowest BCUT2D eigenvalue weighted by molar-refractivity contribution is -0.136. The van der Waals surface area contributed by atoms with Gasteiger partial charge in [-0.25, -0.2) is 0 Å². The van der Waals surface area contributed by atoms with Crippen LogP contribution >= 0.6 is 0 Å². The molecule has 1 N–H and O–H groups in total. The minimum Gasteiger partial charge on any atom is -0.481 e. The molecule has 68 valence electrons. The van der Waals surface area contributed by atoms with Crippen LogP contribution in [0.1, 0.15) is 18.6 Å². The average Bonchev–Trinajstić information content (AvgIpc) is 2.44. The molecule has 3 heteroatoms. The Hall–Kier alpha value is -1.51. The molecule has 3 nitrogen and oxygen atoms in total. The first kappa shape index (κ1) is 8.10. The van der Waals surface area contributed by atoms with Crippen LogP contribution < -0.4 is 10.6 Å². The average molecular weight is 178 g/mol. The Labute approximate surface area is 75.0 Å². The van der Waals surface area contributed by atoms with Crippen LogP contribution in [0.25, 0.3) is 12.2 Å². The zero-order chi connectivity index (χ0) is 9.26. The second-order valence-corrected chi connectivity index (χ2v) is 3.09. The molecule has 0 unspecified atom stereocenters. The first-order chi connectivity index (χ1) is 6.25. The Balaban J connectivity index is 2.42. The molecule has 0 fully saturated rings. The van der Waals surface area contributed by atoms with E-state index in [-0.39, 0.29) is 6.42 Å². The van der Waals surface area contributed by atoms with E-state index in [4.69, 9.17) is 9.52 Å². The third-order valence-corrected chi connectivity index (χ3v) is 2.03.